The van der Waals surface area contributed by atoms with Gasteiger partial charge in [-0.1, -0.05) is 43.3 Å². The summed E-state index contributed by atoms with van der Waals surface area (Å²) in [6.07, 6.45) is 1.15. The van der Waals surface area contributed by atoms with Crippen molar-refractivity contribution in [1.29, 1.82) is 0 Å². The summed E-state index contributed by atoms with van der Waals surface area (Å²) < 4.78 is 2.23. The number of aromatic nitrogens is 2. The van der Waals surface area contributed by atoms with E-state index in [0.717, 1.165) is 10.1 Å². The number of hydrogen-bond acceptors (Lipinski definition) is 6. The lowest BCUT2D eigenvalue weighted by atomic mass is 10.0. The average Bonchev–Trinajstić information content (AvgIpc) is 2.76. The number of nitrogens with zero attached hydrogens (tertiary/aromatic N) is 3. The van der Waals surface area contributed by atoms with Gasteiger partial charge in [-0.05, 0) is 40.2 Å². The molecule has 1 aromatic heterocycles. The number of ketones is 1. The van der Waals surface area contributed by atoms with Crippen LogP contribution in [0.15, 0.2) is 45.2 Å². The molecule has 2 aromatic rings. The molecule has 0 spiro atoms. The van der Waals surface area contributed by atoms with E-state index < -0.39 is 17.3 Å². The zero-order chi connectivity index (χ0) is 25.6. The standard InChI is InChI=1S/C25H34N4O5/c1-15(2)23(31)26-18(6)12-29-24(32)21(19(7)27-34-16(3)4)13-28(25(29)33)14-22(30)20-11-9-8-10-17(20)5/h8-11,13,15-16,18H,12,14H2,1-7H3,(H,26,31)/b27-19+/t18-/m0/s1. The van der Waals surface area contributed by atoms with Gasteiger partial charge in [-0.3, -0.25) is 23.5 Å². The Kier molecular flexibility index (Phi) is 9.11. The fourth-order valence-corrected chi connectivity index (χ4v) is 3.26. The molecule has 9 heteroatoms. The molecule has 1 heterocycles. The smallest absolute Gasteiger partial charge is 0.331 e. The second-order valence-electron chi connectivity index (χ2n) is 9.00. The van der Waals surface area contributed by atoms with Gasteiger partial charge in [-0.15, -0.1) is 0 Å². The normalized spacial score (nSPS) is 12.7. The van der Waals surface area contributed by atoms with Gasteiger partial charge >= 0.3 is 5.69 Å². The molecule has 184 valence electrons. The number of carbonyl (C=O) groups excluding carboxylic acids is 2. The lowest BCUT2D eigenvalue weighted by Gasteiger charge is -2.18. The van der Waals surface area contributed by atoms with Gasteiger partial charge in [0.05, 0.1) is 24.4 Å². The Morgan fingerprint density at radius 2 is 1.71 bits per heavy atom. The van der Waals surface area contributed by atoms with Crippen molar-refractivity contribution in [2.24, 2.45) is 11.1 Å². The number of benzene rings is 1. The Hall–Kier alpha value is -3.49. The van der Waals surface area contributed by atoms with Crippen molar-refractivity contribution in [3.63, 3.8) is 0 Å². The molecule has 0 saturated carbocycles. The highest BCUT2D eigenvalue weighted by atomic mass is 16.6. The van der Waals surface area contributed by atoms with Crippen LogP contribution < -0.4 is 16.6 Å². The van der Waals surface area contributed by atoms with Crippen molar-refractivity contribution in [3.05, 3.63) is 68.0 Å². The van der Waals surface area contributed by atoms with E-state index in [9.17, 15) is 19.2 Å². The Labute approximate surface area is 199 Å². The highest BCUT2D eigenvalue weighted by molar-refractivity contribution is 5.98. The molecule has 9 nitrogen and oxygen atoms in total. The van der Waals surface area contributed by atoms with Crippen LogP contribution in [-0.2, 0) is 22.7 Å². The molecule has 0 unspecified atom stereocenters. The maximum Gasteiger partial charge on any atom is 0.331 e. The van der Waals surface area contributed by atoms with Crippen LogP contribution in [0.1, 0.15) is 63.0 Å². The van der Waals surface area contributed by atoms with E-state index in [1.807, 2.05) is 19.1 Å². The van der Waals surface area contributed by atoms with E-state index in [0.29, 0.717) is 5.56 Å². The molecule has 0 fully saturated rings. The van der Waals surface area contributed by atoms with E-state index in [4.69, 9.17) is 4.84 Å². The van der Waals surface area contributed by atoms with Crippen molar-refractivity contribution in [2.45, 2.75) is 73.7 Å². The fourth-order valence-electron chi connectivity index (χ4n) is 3.26. The predicted octanol–water partition coefficient (Wildman–Crippen LogP) is 2.51. The summed E-state index contributed by atoms with van der Waals surface area (Å²) in [4.78, 5) is 56.8. The van der Waals surface area contributed by atoms with E-state index in [2.05, 4.69) is 10.5 Å². The Morgan fingerprint density at radius 1 is 1.06 bits per heavy atom. The second-order valence-corrected chi connectivity index (χ2v) is 9.00. The number of carbonyl (C=O) groups is 2. The second kappa shape index (κ2) is 11.6. The highest BCUT2D eigenvalue weighted by Crippen LogP contribution is 2.09. The first-order valence-electron chi connectivity index (χ1n) is 11.4. The fraction of sp³-hybridized carbons (Fsp3) is 0.480. The van der Waals surface area contributed by atoms with Gasteiger partial charge in [0.1, 0.15) is 6.10 Å². The quantitative estimate of drug-likeness (QED) is 0.326. The lowest BCUT2D eigenvalue weighted by molar-refractivity contribution is -0.124. The van der Waals surface area contributed by atoms with Gasteiger partial charge < -0.3 is 10.2 Å². The molecule has 0 bridgehead atoms. The third-order valence-corrected chi connectivity index (χ3v) is 5.16. The molecular weight excluding hydrogens is 436 g/mol. The summed E-state index contributed by atoms with van der Waals surface area (Å²) >= 11 is 0. The Bertz CT molecular complexity index is 1190. The molecule has 34 heavy (non-hydrogen) atoms. The number of oxime groups is 1. The summed E-state index contributed by atoms with van der Waals surface area (Å²) in [5, 5.41) is 6.80. The maximum absolute atomic E-state index is 13.2. The summed E-state index contributed by atoms with van der Waals surface area (Å²) in [5.74, 6) is -0.683. The minimum atomic E-state index is -0.640. The molecule has 0 radical (unpaired) electrons. The van der Waals surface area contributed by atoms with E-state index >= 15 is 0 Å². The van der Waals surface area contributed by atoms with Crippen LogP contribution in [-0.4, -0.2) is 38.7 Å². The number of Topliss-reactive ketones (excluding diaryl/α,β-unsaturated/α-hetero) is 1. The van der Waals surface area contributed by atoms with E-state index in [-0.39, 0.29) is 48.1 Å². The van der Waals surface area contributed by atoms with Crippen molar-refractivity contribution in [1.82, 2.24) is 14.5 Å². The molecule has 1 atom stereocenters. The topological polar surface area (TPSA) is 112 Å². The number of rotatable bonds is 10. The van der Waals surface area contributed by atoms with Crippen LogP contribution >= 0.6 is 0 Å². The molecule has 1 N–H and O–H groups in total. The number of hydrogen-bond donors (Lipinski definition) is 1. The first-order chi connectivity index (χ1) is 15.9. The van der Waals surface area contributed by atoms with Crippen LogP contribution in [0, 0.1) is 12.8 Å². The summed E-state index contributed by atoms with van der Waals surface area (Å²) in [6.45, 7) is 12.0. The van der Waals surface area contributed by atoms with Gasteiger partial charge in [-0.25, -0.2) is 4.79 Å². The molecule has 1 amide bonds. The SMILES string of the molecule is C/C(=N\OC(C)C)c1cn(CC(=O)c2ccccc2C)c(=O)n(C[C@H](C)NC(=O)C(C)C)c1=O. The Morgan fingerprint density at radius 3 is 2.29 bits per heavy atom. The first kappa shape index (κ1) is 26.8. The van der Waals surface area contributed by atoms with Gasteiger partial charge in [0.2, 0.25) is 5.91 Å². The zero-order valence-electron chi connectivity index (χ0n) is 20.9. The monoisotopic (exact) mass is 470 g/mol. The molecule has 0 saturated heterocycles. The molecule has 0 aliphatic carbocycles. The number of amides is 1. The minimum Gasteiger partial charge on any atom is -0.393 e. The van der Waals surface area contributed by atoms with Crippen LogP contribution in [0.3, 0.4) is 0 Å². The third kappa shape index (κ3) is 6.76. The first-order valence-corrected chi connectivity index (χ1v) is 11.4. The maximum atomic E-state index is 13.2. The molecule has 0 aliphatic heterocycles. The van der Waals surface area contributed by atoms with Crippen molar-refractivity contribution < 1.29 is 14.4 Å². The van der Waals surface area contributed by atoms with Crippen molar-refractivity contribution in [2.75, 3.05) is 0 Å². The van der Waals surface area contributed by atoms with Crippen LogP contribution in [0.25, 0.3) is 0 Å². The summed E-state index contributed by atoms with van der Waals surface area (Å²) in [6, 6.07) is 6.63. The summed E-state index contributed by atoms with van der Waals surface area (Å²) in [7, 11) is 0. The largest absolute Gasteiger partial charge is 0.393 e. The highest BCUT2D eigenvalue weighted by Gasteiger charge is 2.20. The number of nitrogens with one attached hydrogen (secondary N) is 1. The van der Waals surface area contributed by atoms with Crippen molar-refractivity contribution in [3.8, 4) is 0 Å². The molecular formula is C25H34N4O5. The summed E-state index contributed by atoms with van der Waals surface area (Å²) in [5.41, 5.74) is 0.508. The van der Waals surface area contributed by atoms with Crippen LogP contribution in [0.4, 0.5) is 0 Å². The van der Waals surface area contributed by atoms with Gasteiger partial charge in [0.25, 0.3) is 5.56 Å². The molecule has 0 aliphatic rings. The van der Waals surface area contributed by atoms with Gasteiger partial charge in [0, 0.05) is 23.7 Å². The van der Waals surface area contributed by atoms with Gasteiger partial charge in [-0.2, -0.15) is 0 Å². The van der Waals surface area contributed by atoms with Crippen LogP contribution in [0.2, 0.25) is 0 Å². The Balaban J connectivity index is 2.54. The van der Waals surface area contributed by atoms with Crippen LogP contribution in [0.5, 0.6) is 0 Å². The lowest BCUT2D eigenvalue weighted by Crippen LogP contribution is -2.48. The molecule has 1 aromatic carbocycles. The predicted molar refractivity (Wildman–Crippen MR) is 131 cm³/mol. The molecule has 2 rings (SSSR count). The van der Waals surface area contributed by atoms with Gasteiger partial charge in [0.15, 0.2) is 5.78 Å². The van der Waals surface area contributed by atoms with E-state index in [1.54, 1.807) is 53.7 Å². The van der Waals surface area contributed by atoms with E-state index in [1.165, 1.54) is 10.8 Å². The van der Waals surface area contributed by atoms with Crippen molar-refractivity contribution >= 4 is 17.4 Å². The minimum absolute atomic E-state index is 0.0547. The zero-order valence-corrected chi connectivity index (χ0v) is 20.9. The average molecular weight is 471 g/mol. The number of aryl methyl sites for hydroxylation is 1. The third-order valence-electron chi connectivity index (χ3n) is 5.16.